The summed E-state index contributed by atoms with van der Waals surface area (Å²) in [4.78, 5) is 46.7. The molecule has 0 aliphatic heterocycles. The molecule has 240 valence electrons. The number of hydrogen-bond donors (Lipinski definition) is 2. The number of aryl methyl sites for hydroxylation is 2. The second kappa shape index (κ2) is 15.8. The number of rotatable bonds is 6. The number of carboxylic acids is 1. The fourth-order valence-electron chi connectivity index (χ4n) is 4.55. The largest absolute Gasteiger partial charge is 0.478 e. The number of methoxy groups -OCH3 is 2. The van der Waals surface area contributed by atoms with Gasteiger partial charge in [0, 0.05) is 27.1 Å². The first kappa shape index (κ1) is 34.6. The minimum absolute atomic E-state index is 0.0940. The number of Topliss-reactive ketones (excluding diaryl/α,β-unsaturated/α-hetero) is 1. The molecule has 0 atom stereocenters. The van der Waals surface area contributed by atoms with Gasteiger partial charge < -0.3 is 20.3 Å². The number of carbonyl (C=O) groups is 4. The van der Waals surface area contributed by atoms with E-state index in [2.05, 4.69) is 4.74 Å². The molecular weight excluding hydrogens is 635 g/mol. The van der Waals surface area contributed by atoms with E-state index >= 15 is 0 Å². The number of nitrogen functional groups attached to an aromatic ring is 1. The molecule has 2 heterocycles. The Kier molecular flexibility index (Phi) is 11.6. The smallest absolute Gasteiger partial charge is 0.348 e. The Labute approximate surface area is 280 Å². The molecule has 47 heavy (non-hydrogen) atoms. The third-order valence-electron chi connectivity index (χ3n) is 6.86. The summed E-state index contributed by atoms with van der Waals surface area (Å²) in [6.07, 6.45) is 0.350. The predicted octanol–water partition coefficient (Wildman–Crippen LogP) is 8.39. The SMILES string of the molecule is COC(=O)c1cc2cc(CC(=O)c3cccc(C)c3)ccc2s1.COC(=O)c1cc2cc(N)ccc2s1.Cc1cccc(C(=O)O)c1. The van der Waals surface area contributed by atoms with Crippen LogP contribution in [0.1, 0.15) is 56.7 Å². The van der Waals surface area contributed by atoms with Crippen molar-refractivity contribution in [2.24, 2.45) is 0 Å². The van der Waals surface area contributed by atoms with E-state index < -0.39 is 5.97 Å². The molecule has 0 saturated heterocycles. The maximum absolute atomic E-state index is 12.4. The fourth-order valence-corrected chi connectivity index (χ4v) is 6.47. The number of fused-ring (bicyclic) bond motifs is 2. The topological polar surface area (TPSA) is 133 Å². The number of carboxylic acid groups (broad SMARTS) is 1. The lowest BCUT2D eigenvalue weighted by atomic mass is 10.0. The van der Waals surface area contributed by atoms with Crippen molar-refractivity contribution >= 4 is 72.2 Å². The summed E-state index contributed by atoms with van der Waals surface area (Å²) in [5.74, 6) is -1.41. The highest BCUT2D eigenvalue weighted by atomic mass is 32.1. The monoisotopic (exact) mass is 667 g/mol. The molecule has 6 aromatic rings. The molecule has 0 radical (unpaired) electrons. The van der Waals surface area contributed by atoms with Crippen LogP contribution in [0.2, 0.25) is 0 Å². The molecule has 0 aliphatic rings. The Morgan fingerprint density at radius 1 is 0.660 bits per heavy atom. The molecule has 8 nitrogen and oxygen atoms in total. The van der Waals surface area contributed by atoms with Gasteiger partial charge in [0.1, 0.15) is 9.75 Å². The molecule has 0 unspecified atom stereocenters. The zero-order valence-electron chi connectivity index (χ0n) is 26.2. The maximum atomic E-state index is 12.4. The summed E-state index contributed by atoms with van der Waals surface area (Å²) in [6.45, 7) is 3.84. The summed E-state index contributed by atoms with van der Waals surface area (Å²) >= 11 is 2.80. The summed E-state index contributed by atoms with van der Waals surface area (Å²) in [7, 11) is 2.75. The number of nitrogens with two attached hydrogens (primary N) is 1. The van der Waals surface area contributed by atoms with Crippen molar-refractivity contribution in [2.75, 3.05) is 20.0 Å². The lowest BCUT2D eigenvalue weighted by Crippen LogP contribution is -2.03. The van der Waals surface area contributed by atoms with Crippen LogP contribution in [0.5, 0.6) is 0 Å². The molecular formula is C37H33NO7S2. The Morgan fingerprint density at radius 2 is 1.17 bits per heavy atom. The van der Waals surface area contributed by atoms with E-state index in [1.54, 1.807) is 24.3 Å². The van der Waals surface area contributed by atoms with Crippen LogP contribution in [0.4, 0.5) is 5.69 Å². The number of carbonyl (C=O) groups excluding carboxylic acids is 3. The van der Waals surface area contributed by atoms with Crippen LogP contribution in [0.25, 0.3) is 20.2 Å². The van der Waals surface area contributed by atoms with Crippen molar-refractivity contribution in [1.82, 2.24) is 0 Å². The van der Waals surface area contributed by atoms with Crippen molar-refractivity contribution in [3.05, 3.63) is 135 Å². The molecule has 10 heteroatoms. The summed E-state index contributed by atoms with van der Waals surface area (Å²) < 4.78 is 11.4. The number of thiophene rings is 2. The van der Waals surface area contributed by atoms with E-state index in [0.29, 0.717) is 27.4 Å². The second-order valence-electron chi connectivity index (χ2n) is 10.5. The summed E-state index contributed by atoms with van der Waals surface area (Å²) in [5, 5.41) is 10.5. The van der Waals surface area contributed by atoms with Crippen molar-refractivity contribution in [3.8, 4) is 0 Å². The van der Waals surface area contributed by atoms with Gasteiger partial charge in [-0.05, 0) is 90.8 Å². The fraction of sp³-hybridized carbons (Fsp3) is 0.135. The van der Waals surface area contributed by atoms with Gasteiger partial charge in [-0.25, -0.2) is 14.4 Å². The van der Waals surface area contributed by atoms with Crippen LogP contribution < -0.4 is 5.73 Å². The van der Waals surface area contributed by atoms with Crippen LogP contribution in [-0.4, -0.2) is 43.0 Å². The highest BCUT2D eigenvalue weighted by Crippen LogP contribution is 2.28. The third kappa shape index (κ3) is 9.35. The Hall–Kier alpha value is -5.32. The second-order valence-corrected chi connectivity index (χ2v) is 12.7. The minimum Gasteiger partial charge on any atom is -0.478 e. The number of hydrogen-bond acceptors (Lipinski definition) is 9. The van der Waals surface area contributed by atoms with Crippen molar-refractivity contribution < 1.29 is 33.8 Å². The standard InChI is InChI=1S/C19H16O3S.C10H9NO2S.C8H8O2/c1-12-4-3-5-14(8-12)16(20)10-13-6-7-17-15(9-13)11-18(23-17)19(21)22-2;1-13-10(12)9-5-6-4-7(11)2-3-8(6)14-9;1-6-3-2-4-7(5-6)8(9)10/h3-9,11H,10H2,1-2H3;2-5H,11H2,1H3;2-5H,1H3,(H,9,10). The predicted molar refractivity (Wildman–Crippen MR) is 188 cm³/mol. The normalized spacial score (nSPS) is 10.3. The number of ketones is 1. The average molecular weight is 668 g/mol. The highest BCUT2D eigenvalue weighted by molar-refractivity contribution is 7.21. The van der Waals surface area contributed by atoms with E-state index in [4.69, 9.17) is 15.6 Å². The van der Waals surface area contributed by atoms with Crippen LogP contribution in [0, 0.1) is 13.8 Å². The first-order chi connectivity index (χ1) is 22.5. The van der Waals surface area contributed by atoms with E-state index in [9.17, 15) is 19.2 Å². The van der Waals surface area contributed by atoms with Gasteiger partial charge in [0.15, 0.2) is 5.78 Å². The lowest BCUT2D eigenvalue weighted by molar-refractivity contribution is 0.0597. The van der Waals surface area contributed by atoms with E-state index in [1.807, 2.05) is 86.6 Å². The first-order valence-electron chi connectivity index (χ1n) is 14.4. The third-order valence-corrected chi connectivity index (χ3v) is 9.06. The summed E-state index contributed by atoms with van der Waals surface area (Å²) in [6, 6.07) is 29.5. The number of benzene rings is 4. The number of esters is 2. The maximum Gasteiger partial charge on any atom is 0.348 e. The molecule has 0 aliphatic carbocycles. The van der Waals surface area contributed by atoms with Crippen molar-refractivity contribution in [2.45, 2.75) is 20.3 Å². The summed E-state index contributed by atoms with van der Waals surface area (Å²) in [5.41, 5.74) is 10.4. The Balaban J connectivity index is 0.000000177. The molecule has 6 rings (SSSR count). The molecule has 0 fully saturated rings. The zero-order chi connectivity index (χ0) is 34.1. The number of ether oxygens (including phenoxy) is 2. The Bertz CT molecular complexity index is 2080. The van der Waals surface area contributed by atoms with Crippen LogP contribution in [0.3, 0.4) is 0 Å². The molecule has 0 saturated carbocycles. The van der Waals surface area contributed by atoms with E-state index in [-0.39, 0.29) is 17.7 Å². The average Bonchev–Trinajstić information content (AvgIpc) is 3.68. The van der Waals surface area contributed by atoms with Crippen molar-refractivity contribution in [1.29, 1.82) is 0 Å². The van der Waals surface area contributed by atoms with Gasteiger partial charge in [-0.2, -0.15) is 0 Å². The molecule has 0 amide bonds. The first-order valence-corrected chi connectivity index (χ1v) is 16.0. The molecule has 0 bridgehead atoms. The molecule has 3 N–H and O–H groups in total. The minimum atomic E-state index is -0.872. The van der Waals surface area contributed by atoms with Gasteiger partial charge in [-0.1, -0.05) is 47.5 Å². The molecule has 2 aromatic heterocycles. The zero-order valence-corrected chi connectivity index (χ0v) is 27.9. The Morgan fingerprint density at radius 3 is 1.68 bits per heavy atom. The number of aromatic carboxylic acids is 1. The van der Waals surface area contributed by atoms with E-state index in [1.165, 1.54) is 36.9 Å². The van der Waals surface area contributed by atoms with Gasteiger partial charge in [-0.15, -0.1) is 22.7 Å². The van der Waals surface area contributed by atoms with Gasteiger partial charge >= 0.3 is 17.9 Å². The van der Waals surface area contributed by atoms with Gasteiger partial charge in [-0.3, -0.25) is 4.79 Å². The lowest BCUT2D eigenvalue weighted by Gasteiger charge is -2.03. The number of anilines is 1. The highest BCUT2D eigenvalue weighted by Gasteiger charge is 2.13. The quantitative estimate of drug-likeness (QED) is 0.103. The van der Waals surface area contributed by atoms with Crippen LogP contribution in [-0.2, 0) is 15.9 Å². The molecule has 4 aromatic carbocycles. The van der Waals surface area contributed by atoms with Crippen LogP contribution in [0.15, 0.2) is 97.1 Å². The van der Waals surface area contributed by atoms with Gasteiger partial charge in [0.2, 0.25) is 0 Å². The molecule has 0 spiro atoms. The van der Waals surface area contributed by atoms with Crippen molar-refractivity contribution in [3.63, 3.8) is 0 Å². The van der Waals surface area contributed by atoms with Gasteiger partial charge in [0.05, 0.1) is 19.8 Å². The van der Waals surface area contributed by atoms with Gasteiger partial charge in [0.25, 0.3) is 0 Å². The van der Waals surface area contributed by atoms with E-state index in [0.717, 1.165) is 42.4 Å². The van der Waals surface area contributed by atoms with Crippen LogP contribution >= 0.6 is 22.7 Å².